The van der Waals surface area contributed by atoms with Crippen LogP contribution in [-0.4, -0.2) is 5.11 Å². The van der Waals surface area contributed by atoms with Crippen LogP contribution in [0.4, 0.5) is 5.69 Å². The third-order valence-corrected chi connectivity index (χ3v) is 3.78. The lowest BCUT2D eigenvalue weighted by molar-refractivity contribution is 0.925. The van der Waals surface area contributed by atoms with Crippen molar-refractivity contribution in [1.29, 1.82) is 0 Å². The molecule has 2 aromatic rings. The van der Waals surface area contributed by atoms with Gasteiger partial charge in [-0.15, -0.1) is 0 Å². The van der Waals surface area contributed by atoms with E-state index in [1.807, 2.05) is 24.3 Å². The van der Waals surface area contributed by atoms with Crippen LogP contribution >= 0.6 is 23.8 Å². The average Bonchev–Trinajstić information content (AvgIpc) is 2.42. The second-order valence-electron chi connectivity index (χ2n) is 5.21. The molecule has 0 bridgehead atoms. The predicted octanol–water partition coefficient (Wildman–Crippen LogP) is 4.75. The number of hydrogen-bond donors (Lipinski definition) is 2. The van der Waals surface area contributed by atoms with Gasteiger partial charge in [-0.1, -0.05) is 41.4 Å². The van der Waals surface area contributed by atoms with Gasteiger partial charge in [0.25, 0.3) is 0 Å². The van der Waals surface area contributed by atoms with E-state index >= 15 is 0 Å². The Morgan fingerprint density at radius 3 is 2.19 bits per heavy atom. The molecule has 0 unspecified atom stereocenters. The molecule has 2 rings (SSSR count). The minimum atomic E-state index is 0.625. The summed E-state index contributed by atoms with van der Waals surface area (Å²) >= 11 is 11.2. The zero-order valence-electron chi connectivity index (χ0n) is 12.5. The summed E-state index contributed by atoms with van der Waals surface area (Å²) in [5.74, 6) is 0. The molecule has 2 N–H and O–H groups in total. The second-order valence-corrected chi connectivity index (χ2v) is 6.05. The summed E-state index contributed by atoms with van der Waals surface area (Å²) in [6, 6.07) is 12.0. The van der Waals surface area contributed by atoms with Gasteiger partial charge in [0.15, 0.2) is 5.11 Å². The molecular weight excluding hydrogens is 300 g/mol. The normalized spacial score (nSPS) is 10.3. The van der Waals surface area contributed by atoms with E-state index in [-0.39, 0.29) is 0 Å². The smallest absolute Gasteiger partial charge is 0.171 e. The van der Waals surface area contributed by atoms with E-state index in [0.717, 1.165) is 16.3 Å². The molecule has 0 spiro atoms. The third kappa shape index (κ3) is 4.45. The number of anilines is 1. The molecular formula is C17H19ClN2S. The number of aryl methyl sites for hydroxylation is 3. The fraction of sp³-hybridized carbons (Fsp3) is 0.235. The van der Waals surface area contributed by atoms with Crippen molar-refractivity contribution in [3.8, 4) is 0 Å². The molecule has 0 aromatic heterocycles. The number of hydrogen-bond acceptors (Lipinski definition) is 1. The minimum Gasteiger partial charge on any atom is -0.358 e. The summed E-state index contributed by atoms with van der Waals surface area (Å²) < 4.78 is 0. The van der Waals surface area contributed by atoms with E-state index in [1.54, 1.807) is 0 Å². The molecule has 0 aliphatic rings. The third-order valence-electron chi connectivity index (χ3n) is 3.28. The number of nitrogens with one attached hydrogen (secondary N) is 2. The van der Waals surface area contributed by atoms with Gasteiger partial charge in [0.2, 0.25) is 0 Å². The Kier molecular flexibility index (Phi) is 5.21. The van der Waals surface area contributed by atoms with Crippen molar-refractivity contribution < 1.29 is 0 Å². The molecule has 0 aliphatic heterocycles. The van der Waals surface area contributed by atoms with E-state index in [9.17, 15) is 0 Å². The lowest BCUT2D eigenvalue weighted by Crippen LogP contribution is -2.28. The molecule has 2 nitrogen and oxygen atoms in total. The Morgan fingerprint density at radius 2 is 1.62 bits per heavy atom. The standard InChI is InChI=1S/C17H19ClN2S/c1-11-8-12(2)16(13(3)9-11)20-17(21)19-10-14-4-6-15(18)7-5-14/h4-9H,10H2,1-3H3,(H2,19,20,21). The zero-order valence-corrected chi connectivity index (χ0v) is 14.0. The van der Waals surface area contributed by atoms with E-state index in [2.05, 4.69) is 43.5 Å². The van der Waals surface area contributed by atoms with Crippen molar-refractivity contribution in [2.24, 2.45) is 0 Å². The fourth-order valence-corrected chi connectivity index (χ4v) is 2.62. The molecule has 0 saturated carbocycles. The van der Waals surface area contributed by atoms with Crippen LogP contribution in [0.15, 0.2) is 36.4 Å². The van der Waals surface area contributed by atoms with Crippen LogP contribution in [0.1, 0.15) is 22.3 Å². The Morgan fingerprint density at radius 1 is 1.05 bits per heavy atom. The van der Waals surface area contributed by atoms with Crippen molar-refractivity contribution in [1.82, 2.24) is 5.32 Å². The fourth-order valence-electron chi connectivity index (χ4n) is 2.32. The molecule has 110 valence electrons. The van der Waals surface area contributed by atoms with Crippen LogP contribution in [0.25, 0.3) is 0 Å². The second kappa shape index (κ2) is 6.92. The van der Waals surface area contributed by atoms with Crippen molar-refractivity contribution in [2.75, 3.05) is 5.32 Å². The molecule has 4 heteroatoms. The molecule has 2 aromatic carbocycles. The maximum absolute atomic E-state index is 5.87. The number of halogens is 1. The Bertz CT molecular complexity index is 627. The van der Waals surface area contributed by atoms with Gasteiger partial charge in [0.1, 0.15) is 0 Å². The SMILES string of the molecule is Cc1cc(C)c(NC(=S)NCc2ccc(Cl)cc2)c(C)c1. The molecule has 0 amide bonds. The van der Waals surface area contributed by atoms with Gasteiger partial charge in [-0.05, 0) is 61.8 Å². The van der Waals surface area contributed by atoms with E-state index in [1.165, 1.54) is 16.7 Å². The summed E-state index contributed by atoms with van der Waals surface area (Å²) in [6.07, 6.45) is 0. The maximum Gasteiger partial charge on any atom is 0.171 e. The topological polar surface area (TPSA) is 24.1 Å². The van der Waals surface area contributed by atoms with E-state index < -0.39 is 0 Å². The first-order chi connectivity index (χ1) is 9.95. The summed E-state index contributed by atoms with van der Waals surface area (Å²) in [7, 11) is 0. The number of rotatable bonds is 3. The highest BCUT2D eigenvalue weighted by Crippen LogP contribution is 2.21. The van der Waals surface area contributed by atoms with Crippen molar-refractivity contribution >= 4 is 34.6 Å². The molecule has 0 aliphatic carbocycles. The van der Waals surface area contributed by atoms with Gasteiger partial charge in [-0.2, -0.15) is 0 Å². The molecule has 0 radical (unpaired) electrons. The Labute approximate surface area is 136 Å². The summed E-state index contributed by atoms with van der Waals surface area (Å²) in [5, 5.41) is 7.86. The van der Waals surface area contributed by atoms with Crippen LogP contribution < -0.4 is 10.6 Å². The summed E-state index contributed by atoms with van der Waals surface area (Å²) in [5.41, 5.74) is 5.87. The highest BCUT2D eigenvalue weighted by atomic mass is 35.5. The first kappa shape index (κ1) is 15.8. The Balaban J connectivity index is 1.97. The van der Waals surface area contributed by atoms with Crippen molar-refractivity contribution in [2.45, 2.75) is 27.3 Å². The van der Waals surface area contributed by atoms with Gasteiger partial charge >= 0.3 is 0 Å². The minimum absolute atomic E-state index is 0.625. The quantitative estimate of drug-likeness (QED) is 0.798. The van der Waals surface area contributed by atoms with Crippen LogP contribution in [0.2, 0.25) is 5.02 Å². The Hall–Kier alpha value is -1.58. The predicted molar refractivity (Wildman–Crippen MR) is 95.2 cm³/mol. The van der Waals surface area contributed by atoms with Gasteiger partial charge in [0, 0.05) is 17.3 Å². The van der Waals surface area contributed by atoms with Gasteiger partial charge in [0.05, 0.1) is 0 Å². The molecule has 0 fully saturated rings. The van der Waals surface area contributed by atoms with Crippen molar-refractivity contribution in [3.63, 3.8) is 0 Å². The largest absolute Gasteiger partial charge is 0.358 e. The molecule has 0 saturated heterocycles. The maximum atomic E-state index is 5.87. The van der Waals surface area contributed by atoms with Gasteiger partial charge in [-0.3, -0.25) is 0 Å². The summed E-state index contributed by atoms with van der Waals surface area (Å²) in [6.45, 7) is 6.95. The average molecular weight is 319 g/mol. The van der Waals surface area contributed by atoms with Crippen LogP contribution in [-0.2, 0) is 6.54 Å². The molecule has 0 heterocycles. The molecule has 21 heavy (non-hydrogen) atoms. The van der Waals surface area contributed by atoms with Crippen LogP contribution in [0.3, 0.4) is 0 Å². The zero-order chi connectivity index (χ0) is 15.4. The monoisotopic (exact) mass is 318 g/mol. The lowest BCUT2D eigenvalue weighted by Gasteiger charge is -2.15. The molecule has 0 atom stereocenters. The number of thiocarbonyl (C=S) groups is 1. The summed E-state index contributed by atoms with van der Waals surface area (Å²) in [4.78, 5) is 0. The van der Waals surface area contributed by atoms with Crippen molar-refractivity contribution in [3.05, 3.63) is 63.7 Å². The lowest BCUT2D eigenvalue weighted by atomic mass is 10.1. The highest BCUT2D eigenvalue weighted by molar-refractivity contribution is 7.80. The van der Waals surface area contributed by atoms with Gasteiger partial charge < -0.3 is 10.6 Å². The van der Waals surface area contributed by atoms with Crippen LogP contribution in [0, 0.1) is 20.8 Å². The first-order valence-corrected chi connectivity index (χ1v) is 7.61. The van der Waals surface area contributed by atoms with Crippen LogP contribution in [0.5, 0.6) is 0 Å². The number of benzene rings is 2. The first-order valence-electron chi connectivity index (χ1n) is 6.83. The van der Waals surface area contributed by atoms with E-state index in [0.29, 0.717) is 11.7 Å². The van der Waals surface area contributed by atoms with E-state index in [4.69, 9.17) is 23.8 Å². The highest BCUT2D eigenvalue weighted by Gasteiger charge is 2.05. The van der Waals surface area contributed by atoms with Gasteiger partial charge in [-0.25, -0.2) is 0 Å².